The van der Waals surface area contributed by atoms with E-state index in [-0.39, 0.29) is 5.91 Å². The lowest BCUT2D eigenvalue weighted by Gasteiger charge is -2.48. The highest BCUT2D eigenvalue weighted by Gasteiger charge is 2.36. The summed E-state index contributed by atoms with van der Waals surface area (Å²) < 4.78 is 0. The van der Waals surface area contributed by atoms with Gasteiger partial charge >= 0.3 is 0 Å². The lowest BCUT2D eigenvalue weighted by Crippen LogP contribution is -2.64. The van der Waals surface area contributed by atoms with Gasteiger partial charge in [0.25, 0.3) is 5.91 Å². The number of anilines is 1. The Balaban J connectivity index is 1.28. The normalized spacial score (nSPS) is 26.7. The molecular formula is C22H26N4O. The van der Waals surface area contributed by atoms with Gasteiger partial charge in [-0.2, -0.15) is 0 Å². The maximum atomic E-state index is 12.7. The van der Waals surface area contributed by atoms with Crippen molar-refractivity contribution >= 4 is 11.7 Å². The summed E-state index contributed by atoms with van der Waals surface area (Å²) in [6.07, 6.45) is 16.7. The number of pyridine rings is 1. The first-order chi connectivity index (χ1) is 13.3. The summed E-state index contributed by atoms with van der Waals surface area (Å²) in [6, 6.07) is 6.54. The third kappa shape index (κ3) is 4.19. The van der Waals surface area contributed by atoms with Crippen molar-refractivity contribution in [1.29, 1.82) is 0 Å². The Morgan fingerprint density at radius 3 is 2.59 bits per heavy atom. The molecule has 0 saturated carbocycles. The van der Waals surface area contributed by atoms with Gasteiger partial charge in [0.15, 0.2) is 0 Å². The largest absolute Gasteiger partial charge is 0.354 e. The number of likely N-dealkylation sites (tertiary alicyclic amines) is 1. The van der Waals surface area contributed by atoms with Crippen LogP contribution >= 0.6 is 0 Å². The molecule has 1 aromatic rings. The summed E-state index contributed by atoms with van der Waals surface area (Å²) in [7, 11) is 0. The molecule has 0 radical (unpaired) electrons. The summed E-state index contributed by atoms with van der Waals surface area (Å²) >= 11 is 0. The van der Waals surface area contributed by atoms with Crippen LogP contribution in [0.25, 0.3) is 0 Å². The Labute approximate surface area is 161 Å². The zero-order chi connectivity index (χ0) is 18.5. The van der Waals surface area contributed by atoms with Crippen LogP contribution in [0.1, 0.15) is 6.42 Å². The standard InChI is InChI=1S/C22H26N4O/c27-22(19-9-5-3-1-2-4-6-10-19)26-17-20(18-26)24-13-15-25(16-14-24)21-11-7-8-12-23-21/h1,3-12,20H,2,13-18H2/b3-1-,6-4-,9-5+,19-10+. The molecule has 2 fully saturated rings. The Hall–Kier alpha value is -2.66. The van der Waals surface area contributed by atoms with E-state index in [1.54, 1.807) is 0 Å². The third-order valence-corrected chi connectivity index (χ3v) is 5.41. The predicted octanol–water partition coefficient (Wildman–Crippen LogP) is 2.41. The minimum Gasteiger partial charge on any atom is -0.354 e. The summed E-state index contributed by atoms with van der Waals surface area (Å²) in [5.74, 6) is 1.19. The van der Waals surface area contributed by atoms with Crippen molar-refractivity contribution in [3.63, 3.8) is 0 Å². The maximum absolute atomic E-state index is 12.7. The van der Waals surface area contributed by atoms with Crippen molar-refractivity contribution < 1.29 is 4.79 Å². The van der Waals surface area contributed by atoms with Crippen molar-refractivity contribution in [2.24, 2.45) is 0 Å². The summed E-state index contributed by atoms with van der Waals surface area (Å²) in [6.45, 7) is 5.69. The van der Waals surface area contributed by atoms with Gasteiger partial charge in [-0.15, -0.1) is 0 Å². The number of allylic oxidation sites excluding steroid dienone is 6. The topological polar surface area (TPSA) is 39.7 Å². The van der Waals surface area contributed by atoms with Gasteiger partial charge in [-0.05, 0) is 30.7 Å². The Morgan fingerprint density at radius 1 is 1.00 bits per heavy atom. The molecule has 2 saturated heterocycles. The van der Waals surface area contributed by atoms with Gasteiger partial charge < -0.3 is 9.80 Å². The quantitative estimate of drug-likeness (QED) is 0.828. The fraction of sp³-hybridized carbons (Fsp3) is 0.364. The van der Waals surface area contributed by atoms with Crippen molar-refractivity contribution in [1.82, 2.24) is 14.8 Å². The molecule has 0 spiro atoms. The Bertz CT molecular complexity index is 767. The number of carbonyl (C=O) groups excluding carboxylic acids is 1. The van der Waals surface area contributed by atoms with E-state index in [0.717, 1.165) is 57.1 Å². The summed E-state index contributed by atoms with van der Waals surface area (Å²) in [5, 5.41) is 0. The van der Waals surface area contributed by atoms with Crippen molar-refractivity contribution in [3.8, 4) is 0 Å². The fourth-order valence-electron chi connectivity index (χ4n) is 3.73. The van der Waals surface area contributed by atoms with Gasteiger partial charge in [0.1, 0.15) is 5.82 Å². The minimum absolute atomic E-state index is 0.134. The minimum atomic E-state index is 0.134. The molecule has 0 N–H and O–H groups in total. The van der Waals surface area contributed by atoms with Crippen LogP contribution < -0.4 is 4.90 Å². The number of aromatic nitrogens is 1. The van der Waals surface area contributed by atoms with Gasteiger partial charge in [-0.25, -0.2) is 4.98 Å². The van der Waals surface area contributed by atoms with E-state index in [1.807, 2.05) is 53.6 Å². The lowest BCUT2D eigenvalue weighted by atomic mass is 10.0. The van der Waals surface area contributed by atoms with E-state index >= 15 is 0 Å². The fourth-order valence-corrected chi connectivity index (χ4v) is 3.73. The second-order valence-electron chi connectivity index (χ2n) is 7.15. The molecule has 0 aromatic carbocycles. The van der Waals surface area contributed by atoms with E-state index in [2.05, 4.69) is 33.0 Å². The van der Waals surface area contributed by atoms with E-state index in [0.29, 0.717) is 6.04 Å². The SMILES string of the molecule is O=C(C1=C/C=C\C/C=C\C=C\1)N1CC(N2CCN(c3ccccn3)CC2)C1. The molecule has 140 valence electrons. The molecule has 0 atom stereocenters. The molecule has 2 aliphatic heterocycles. The van der Waals surface area contributed by atoms with Crippen LogP contribution in [0.5, 0.6) is 0 Å². The van der Waals surface area contributed by atoms with Crippen LogP contribution in [0.4, 0.5) is 5.82 Å². The second kappa shape index (κ2) is 8.35. The van der Waals surface area contributed by atoms with E-state index in [4.69, 9.17) is 0 Å². The number of rotatable bonds is 3. The molecule has 4 rings (SSSR count). The third-order valence-electron chi connectivity index (χ3n) is 5.41. The molecule has 5 nitrogen and oxygen atoms in total. The van der Waals surface area contributed by atoms with Crippen LogP contribution in [0.2, 0.25) is 0 Å². The average Bonchev–Trinajstić information content (AvgIpc) is 2.82. The molecule has 1 aromatic heterocycles. The number of hydrogen-bond acceptors (Lipinski definition) is 4. The first-order valence-corrected chi connectivity index (χ1v) is 9.70. The lowest BCUT2D eigenvalue weighted by molar-refractivity contribution is -0.134. The molecule has 5 heteroatoms. The molecule has 0 bridgehead atoms. The van der Waals surface area contributed by atoms with Crippen molar-refractivity contribution in [2.75, 3.05) is 44.2 Å². The van der Waals surface area contributed by atoms with E-state index in [9.17, 15) is 4.79 Å². The second-order valence-corrected chi connectivity index (χ2v) is 7.15. The highest BCUT2D eigenvalue weighted by atomic mass is 16.2. The molecule has 27 heavy (non-hydrogen) atoms. The number of hydrogen-bond donors (Lipinski definition) is 0. The van der Waals surface area contributed by atoms with Crippen LogP contribution in [0, 0.1) is 0 Å². The molecule has 3 heterocycles. The summed E-state index contributed by atoms with van der Waals surface area (Å²) in [5.41, 5.74) is 0.760. The zero-order valence-corrected chi connectivity index (χ0v) is 15.6. The van der Waals surface area contributed by atoms with Crippen LogP contribution in [-0.4, -0.2) is 66.0 Å². The van der Waals surface area contributed by atoms with Crippen molar-refractivity contribution in [2.45, 2.75) is 12.5 Å². The molecular weight excluding hydrogens is 336 g/mol. The molecule has 0 unspecified atom stereocenters. The Morgan fingerprint density at radius 2 is 1.81 bits per heavy atom. The van der Waals surface area contributed by atoms with Gasteiger partial charge in [0.05, 0.1) is 0 Å². The van der Waals surface area contributed by atoms with Crippen LogP contribution in [0.3, 0.4) is 0 Å². The van der Waals surface area contributed by atoms with E-state index in [1.165, 1.54) is 0 Å². The van der Waals surface area contributed by atoms with Gasteiger partial charge in [-0.3, -0.25) is 9.69 Å². The highest BCUT2D eigenvalue weighted by molar-refractivity contribution is 5.97. The smallest absolute Gasteiger partial charge is 0.253 e. The molecule has 1 amide bonds. The van der Waals surface area contributed by atoms with E-state index < -0.39 is 0 Å². The number of nitrogens with zero attached hydrogens (tertiary/aromatic N) is 4. The van der Waals surface area contributed by atoms with Gasteiger partial charge in [0, 0.05) is 57.1 Å². The highest BCUT2D eigenvalue weighted by Crippen LogP contribution is 2.21. The molecule has 1 aliphatic carbocycles. The van der Waals surface area contributed by atoms with Gasteiger partial charge in [0.2, 0.25) is 0 Å². The monoisotopic (exact) mass is 362 g/mol. The summed E-state index contributed by atoms with van der Waals surface area (Å²) in [4.78, 5) is 24.0. The maximum Gasteiger partial charge on any atom is 0.253 e. The first-order valence-electron chi connectivity index (χ1n) is 9.70. The van der Waals surface area contributed by atoms with Gasteiger partial charge in [-0.1, -0.05) is 36.4 Å². The number of amides is 1. The number of carbonyl (C=O) groups is 1. The predicted molar refractivity (Wildman–Crippen MR) is 109 cm³/mol. The zero-order valence-electron chi connectivity index (χ0n) is 15.6. The molecule has 3 aliphatic rings. The first kappa shape index (κ1) is 17.7. The Kier molecular flexibility index (Phi) is 5.49. The van der Waals surface area contributed by atoms with Crippen LogP contribution in [0.15, 0.2) is 72.5 Å². The van der Waals surface area contributed by atoms with Crippen LogP contribution in [-0.2, 0) is 4.79 Å². The number of piperazine rings is 1. The average molecular weight is 362 g/mol. The van der Waals surface area contributed by atoms with Crippen molar-refractivity contribution in [3.05, 3.63) is 72.5 Å².